The highest BCUT2D eigenvalue weighted by atomic mass is 35.5. The van der Waals surface area contributed by atoms with Crippen LogP contribution < -0.4 is 4.72 Å². The SMILES string of the molecule is CC(C)(C)CC(C)(C)NS(=O)(=O)C=Cc1ccc(Cl)cc1. The average Bonchev–Trinajstić information content (AvgIpc) is 2.23. The molecule has 0 amide bonds. The average molecular weight is 330 g/mol. The molecule has 1 aromatic carbocycles. The van der Waals surface area contributed by atoms with Gasteiger partial charge in [-0.25, -0.2) is 13.1 Å². The first kappa shape index (κ1) is 18.2. The monoisotopic (exact) mass is 329 g/mol. The summed E-state index contributed by atoms with van der Waals surface area (Å²) < 4.78 is 27.0. The van der Waals surface area contributed by atoms with E-state index in [-0.39, 0.29) is 5.41 Å². The third kappa shape index (κ3) is 7.65. The molecule has 0 unspecified atom stereocenters. The molecule has 0 fully saturated rings. The van der Waals surface area contributed by atoms with Crippen molar-refractivity contribution < 1.29 is 8.42 Å². The number of hydrogen-bond donors (Lipinski definition) is 1. The van der Waals surface area contributed by atoms with Crippen molar-refractivity contribution in [2.24, 2.45) is 5.41 Å². The largest absolute Gasteiger partial charge is 0.234 e. The summed E-state index contributed by atoms with van der Waals surface area (Å²) in [7, 11) is -3.48. The number of hydrogen-bond acceptors (Lipinski definition) is 2. The summed E-state index contributed by atoms with van der Waals surface area (Å²) in [5.41, 5.74) is 0.339. The van der Waals surface area contributed by atoms with Crippen LogP contribution >= 0.6 is 11.6 Å². The first-order valence-electron chi connectivity index (χ1n) is 6.86. The molecule has 0 aromatic heterocycles. The Morgan fingerprint density at radius 1 is 1.10 bits per heavy atom. The molecular weight excluding hydrogens is 306 g/mol. The molecule has 5 heteroatoms. The van der Waals surface area contributed by atoms with E-state index in [1.807, 2.05) is 13.8 Å². The van der Waals surface area contributed by atoms with Crippen LogP contribution in [-0.4, -0.2) is 14.0 Å². The van der Waals surface area contributed by atoms with E-state index in [1.54, 1.807) is 30.3 Å². The third-order valence-corrected chi connectivity index (χ3v) is 4.28. The van der Waals surface area contributed by atoms with Gasteiger partial charge >= 0.3 is 0 Å². The molecule has 0 saturated carbocycles. The minimum Gasteiger partial charge on any atom is -0.208 e. The fourth-order valence-corrected chi connectivity index (χ4v) is 3.90. The topological polar surface area (TPSA) is 46.2 Å². The molecule has 0 radical (unpaired) electrons. The van der Waals surface area contributed by atoms with Crippen molar-refractivity contribution in [2.75, 3.05) is 0 Å². The van der Waals surface area contributed by atoms with E-state index < -0.39 is 15.6 Å². The van der Waals surface area contributed by atoms with E-state index in [2.05, 4.69) is 25.5 Å². The number of rotatable bonds is 5. The zero-order chi connectivity index (χ0) is 16.3. The second-order valence-corrected chi connectivity index (χ2v) is 9.13. The fraction of sp³-hybridized carbons (Fsp3) is 0.500. The predicted molar refractivity (Wildman–Crippen MR) is 90.7 cm³/mol. The van der Waals surface area contributed by atoms with Crippen LogP contribution in [-0.2, 0) is 10.0 Å². The minimum absolute atomic E-state index is 0.0475. The third-order valence-electron chi connectivity index (χ3n) is 2.70. The van der Waals surface area contributed by atoms with Crippen LogP contribution in [0.5, 0.6) is 0 Å². The number of sulfonamides is 1. The lowest BCUT2D eigenvalue weighted by molar-refractivity contribution is 0.270. The normalized spacial score (nSPS) is 13.8. The molecule has 1 rings (SSSR count). The van der Waals surface area contributed by atoms with Gasteiger partial charge in [0, 0.05) is 16.0 Å². The second-order valence-electron chi connectivity index (χ2n) is 7.12. The van der Waals surface area contributed by atoms with Crippen LogP contribution in [0.2, 0.25) is 5.02 Å². The van der Waals surface area contributed by atoms with Gasteiger partial charge in [0.2, 0.25) is 10.0 Å². The van der Waals surface area contributed by atoms with Gasteiger partial charge in [-0.15, -0.1) is 0 Å². The van der Waals surface area contributed by atoms with Gasteiger partial charge in [-0.3, -0.25) is 0 Å². The summed E-state index contributed by atoms with van der Waals surface area (Å²) >= 11 is 5.80. The summed E-state index contributed by atoms with van der Waals surface area (Å²) in [5.74, 6) is 0. The van der Waals surface area contributed by atoms with Gasteiger partial charge in [0.15, 0.2) is 0 Å². The van der Waals surface area contributed by atoms with Crippen LogP contribution in [0, 0.1) is 5.41 Å². The van der Waals surface area contributed by atoms with Gasteiger partial charge in [0.1, 0.15) is 0 Å². The lowest BCUT2D eigenvalue weighted by Crippen LogP contribution is -2.44. The summed E-state index contributed by atoms with van der Waals surface area (Å²) in [6.07, 6.45) is 2.31. The molecule has 0 aliphatic rings. The van der Waals surface area contributed by atoms with Crippen LogP contribution in [0.1, 0.15) is 46.6 Å². The standard InChI is InChI=1S/C16H24ClNO2S/c1-15(2,3)12-16(4,5)18-21(19,20)11-10-13-6-8-14(17)9-7-13/h6-11,18H,12H2,1-5H3. The zero-order valence-corrected chi connectivity index (χ0v) is 14.8. The highest BCUT2D eigenvalue weighted by Gasteiger charge is 2.28. The van der Waals surface area contributed by atoms with E-state index in [0.29, 0.717) is 5.02 Å². The maximum absolute atomic E-state index is 12.1. The van der Waals surface area contributed by atoms with E-state index in [4.69, 9.17) is 11.6 Å². The van der Waals surface area contributed by atoms with E-state index in [9.17, 15) is 8.42 Å². The fourth-order valence-electron chi connectivity index (χ4n) is 2.52. The molecule has 3 nitrogen and oxygen atoms in total. The molecule has 0 heterocycles. The Morgan fingerprint density at radius 3 is 2.10 bits per heavy atom. The molecule has 0 aliphatic heterocycles. The smallest absolute Gasteiger partial charge is 0.208 e. The summed E-state index contributed by atoms with van der Waals surface area (Å²) in [5, 5.41) is 1.82. The van der Waals surface area contributed by atoms with Gasteiger partial charge in [-0.2, -0.15) is 0 Å². The lowest BCUT2D eigenvalue weighted by Gasteiger charge is -2.32. The number of halogens is 1. The molecular formula is C16H24ClNO2S. The van der Waals surface area contributed by atoms with Crippen LogP contribution in [0.25, 0.3) is 6.08 Å². The Hall–Kier alpha value is -0.840. The van der Waals surface area contributed by atoms with Crippen molar-refractivity contribution in [3.05, 3.63) is 40.3 Å². The van der Waals surface area contributed by atoms with Crippen molar-refractivity contribution in [1.29, 1.82) is 0 Å². The maximum Gasteiger partial charge on any atom is 0.234 e. The van der Waals surface area contributed by atoms with Gasteiger partial charge in [-0.1, -0.05) is 44.5 Å². The van der Waals surface area contributed by atoms with Crippen LogP contribution in [0.4, 0.5) is 0 Å². The summed E-state index contributed by atoms with van der Waals surface area (Å²) in [4.78, 5) is 0. The molecule has 118 valence electrons. The first-order valence-corrected chi connectivity index (χ1v) is 8.79. The molecule has 1 aromatic rings. The molecule has 1 N–H and O–H groups in total. The van der Waals surface area contributed by atoms with Gasteiger partial charge < -0.3 is 0 Å². The van der Waals surface area contributed by atoms with E-state index in [1.165, 1.54) is 5.41 Å². The molecule has 21 heavy (non-hydrogen) atoms. The Balaban J connectivity index is 2.80. The quantitative estimate of drug-likeness (QED) is 0.867. The summed E-state index contributed by atoms with van der Waals surface area (Å²) in [6.45, 7) is 10.1. The molecule has 0 bridgehead atoms. The van der Waals surface area contributed by atoms with Crippen molar-refractivity contribution in [2.45, 2.75) is 46.6 Å². The molecule has 0 atom stereocenters. The minimum atomic E-state index is -3.48. The van der Waals surface area contributed by atoms with Gasteiger partial charge in [-0.05, 0) is 49.5 Å². The first-order chi connectivity index (χ1) is 9.39. The van der Waals surface area contributed by atoms with Gasteiger partial charge in [0.25, 0.3) is 0 Å². The lowest BCUT2D eigenvalue weighted by atomic mass is 9.82. The predicted octanol–water partition coefficient (Wildman–Crippen LogP) is 4.44. The van der Waals surface area contributed by atoms with Crippen molar-refractivity contribution >= 4 is 27.7 Å². The zero-order valence-electron chi connectivity index (χ0n) is 13.3. The van der Waals surface area contributed by atoms with Crippen molar-refractivity contribution in [3.63, 3.8) is 0 Å². The summed E-state index contributed by atoms with van der Waals surface area (Å²) in [6, 6.07) is 7.00. The van der Waals surface area contributed by atoms with Crippen molar-refractivity contribution in [1.82, 2.24) is 4.72 Å². The van der Waals surface area contributed by atoms with Crippen molar-refractivity contribution in [3.8, 4) is 0 Å². The second kappa shape index (κ2) is 6.51. The Morgan fingerprint density at radius 2 is 1.62 bits per heavy atom. The van der Waals surface area contributed by atoms with E-state index >= 15 is 0 Å². The highest BCUT2D eigenvalue weighted by molar-refractivity contribution is 7.92. The molecule has 0 spiro atoms. The Kier molecular flexibility index (Phi) is 5.64. The Labute approximate surface area is 133 Å². The van der Waals surface area contributed by atoms with E-state index in [0.717, 1.165) is 12.0 Å². The Bertz CT molecular complexity index is 596. The van der Waals surface area contributed by atoms with Gasteiger partial charge in [0.05, 0.1) is 0 Å². The number of nitrogens with one attached hydrogen (secondary N) is 1. The highest BCUT2D eigenvalue weighted by Crippen LogP contribution is 2.27. The van der Waals surface area contributed by atoms with Crippen LogP contribution in [0.3, 0.4) is 0 Å². The molecule has 0 saturated heterocycles. The molecule has 0 aliphatic carbocycles. The number of benzene rings is 1. The van der Waals surface area contributed by atoms with Crippen LogP contribution in [0.15, 0.2) is 29.7 Å². The maximum atomic E-state index is 12.1.